The lowest BCUT2D eigenvalue weighted by atomic mass is 9.76. The number of hydrogen-bond donors (Lipinski definition) is 2. The van der Waals surface area contributed by atoms with Crippen molar-refractivity contribution in [2.24, 2.45) is 0 Å². The Kier molecular flexibility index (Phi) is 5.57. The Hall–Kier alpha value is -3.32. The van der Waals surface area contributed by atoms with Crippen LogP contribution < -0.4 is 15.6 Å². The van der Waals surface area contributed by atoms with E-state index >= 15 is 0 Å². The lowest BCUT2D eigenvalue weighted by molar-refractivity contribution is -0.116. The molecule has 2 aliphatic rings. The maximum absolute atomic E-state index is 13.3. The van der Waals surface area contributed by atoms with Crippen molar-refractivity contribution < 1.29 is 9.53 Å². The van der Waals surface area contributed by atoms with E-state index in [4.69, 9.17) is 9.72 Å². The molecule has 6 nitrogen and oxygen atoms in total. The van der Waals surface area contributed by atoms with Crippen molar-refractivity contribution in [2.75, 3.05) is 12.4 Å². The van der Waals surface area contributed by atoms with E-state index in [1.54, 1.807) is 7.11 Å². The summed E-state index contributed by atoms with van der Waals surface area (Å²) in [6, 6.07) is 17.6. The minimum Gasteiger partial charge on any atom is -0.497 e. The quantitative estimate of drug-likeness (QED) is 0.440. The molecule has 0 radical (unpaired) electrons. The Bertz CT molecular complexity index is 1270. The first-order valence-electron chi connectivity index (χ1n) is 10.6. The van der Waals surface area contributed by atoms with E-state index in [2.05, 4.69) is 10.3 Å². The van der Waals surface area contributed by atoms with Crippen LogP contribution in [0.15, 0.2) is 75.8 Å². The third-order valence-electron chi connectivity index (χ3n) is 5.88. The Morgan fingerprint density at radius 1 is 1.09 bits per heavy atom. The smallest absolute Gasteiger partial charge is 0.257 e. The number of benzene rings is 2. The number of ketones is 1. The van der Waals surface area contributed by atoms with Crippen molar-refractivity contribution >= 4 is 23.4 Å². The van der Waals surface area contributed by atoms with Crippen molar-refractivity contribution in [1.29, 1.82) is 0 Å². The number of aromatic nitrogens is 2. The third kappa shape index (κ3) is 3.84. The molecule has 2 heterocycles. The number of fused-ring (bicyclic) bond motifs is 1. The highest BCUT2D eigenvalue weighted by Crippen LogP contribution is 2.44. The van der Waals surface area contributed by atoms with E-state index in [1.165, 1.54) is 11.8 Å². The number of methoxy groups -OCH3 is 1. The van der Waals surface area contributed by atoms with Gasteiger partial charge in [-0.1, -0.05) is 54.2 Å². The van der Waals surface area contributed by atoms with Gasteiger partial charge in [0, 0.05) is 29.4 Å². The Morgan fingerprint density at radius 3 is 2.75 bits per heavy atom. The maximum atomic E-state index is 13.3. The van der Waals surface area contributed by atoms with Crippen molar-refractivity contribution in [3.63, 3.8) is 0 Å². The first-order valence-corrected chi connectivity index (χ1v) is 11.6. The van der Waals surface area contributed by atoms with Crippen LogP contribution in [0.3, 0.4) is 0 Å². The number of Topliss-reactive ketones (excluding diaryl/α,β-unsaturated/α-hetero) is 1. The van der Waals surface area contributed by atoms with Gasteiger partial charge in [-0.05, 0) is 36.1 Å². The van der Waals surface area contributed by atoms with Crippen molar-refractivity contribution in [3.8, 4) is 5.75 Å². The monoisotopic (exact) mass is 445 g/mol. The lowest BCUT2D eigenvalue weighted by Gasteiger charge is -2.32. The summed E-state index contributed by atoms with van der Waals surface area (Å²) >= 11 is 1.48. The number of H-pyrrole nitrogens is 1. The van der Waals surface area contributed by atoms with Gasteiger partial charge in [0.15, 0.2) is 10.9 Å². The molecule has 0 saturated heterocycles. The van der Waals surface area contributed by atoms with Gasteiger partial charge in [0.25, 0.3) is 5.56 Å². The summed E-state index contributed by atoms with van der Waals surface area (Å²) in [7, 11) is 1.61. The topological polar surface area (TPSA) is 84.1 Å². The van der Waals surface area contributed by atoms with Gasteiger partial charge in [0.1, 0.15) is 11.6 Å². The molecule has 0 fully saturated rings. The van der Waals surface area contributed by atoms with Gasteiger partial charge in [-0.2, -0.15) is 0 Å². The number of aromatic amines is 1. The number of anilines is 1. The Balaban J connectivity index is 1.58. The van der Waals surface area contributed by atoms with Crippen molar-refractivity contribution in [2.45, 2.75) is 36.1 Å². The SMILES string of the molecule is COc1cccc(C2C3=C(CCCC3=O)Nc3nc(SCc4ccccc4)[nH]c(=O)c32)c1. The van der Waals surface area contributed by atoms with E-state index in [9.17, 15) is 9.59 Å². The van der Waals surface area contributed by atoms with E-state index in [-0.39, 0.29) is 11.3 Å². The van der Waals surface area contributed by atoms with Gasteiger partial charge in [0.2, 0.25) is 0 Å². The number of thioether (sulfide) groups is 1. The summed E-state index contributed by atoms with van der Waals surface area (Å²) in [5.74, 6) is 1.54. The summed E-state index contributed by atoms with van der Waals surface area (Å²) in [6.45, 7) is 0. The van der Waals surface area contributed by atoms with Gasteiger partial charge in [0.05, 0.1) is 12.7 Å². The lowest BCUT2D eigenvalue weighted by Crippen LogP contribution is -2.32. The minimum atomic E-state index is -0.464. The molecule has 0 spiro atoms. The van der Waals surface area contributed by atoms with Gasteiger partial charge in [-0.15, -0.1) is 0 Å². The van der Waals surface area contributed by atoms with Crippen LogP contribution in [-0.2, 0) is 10.5 Å². The van der Waals surface area contributed by atoms with E-state index in [0.29, 0.717) is 40.0 Å². The number of carbonyl (C=O) groups is 1. The van der Waals surface area contributed by atoms with Crippen LogP contribution in [0.4, 0.5) is 5.82 Å². The average molecular weight is 446 g/mol. The Labute approximate surface area is 190 Å². The summed E-state index contributed by atoms with van der Waals surface area (Å²) in [5.41, 5.74) is 3.81. The highest BCUT2D eigenvalue weighted by Gasteiger charge is 2.38. The van der Waals surface area contributed by atoms with E-state index in [1.807, 2.05) is 54.6 Å². The van der Waals surface area contributed by atoms with Crippen LogP contribution in [0.1, 0.15) is 41.9 Å². The summed E-state index contributed by atoms with van der Waals surface area (Å²) in [6.07, 6.45) is 2.05. The third-order valence-corrected chi connectivity index (χ3v) is 6.83. The second-order valence-corrected chi connectivity index (χ2v) is 8.88. The molecule has 3 aromatic rings. The molecule has 1 aromatic heterocycles. The average Bonchev–Trinajstić information content (AvgIpc) is 2.82. The van der Waals surface area contributed by atoms with Gasteiger partial charge in [-0.25, -0.2) is 4.98 Å². The molecule has 2 N–H and O–H groups in total. The molecular weight excluding hydrogens is 422 g/mol. The van der Waals surface area contributed by atoms with E-state index in [0.717, 1.165) is 29.7 Å². The van der Waals surface area contributed by atoms with Gasteiger partial charge < -0.3 is 15.0 Å². The highest BCUT2D eigenvalue weighted by atomic mass is 32.2. The van der Waals surface area contributed by atoms with E-state index < -0.39 is 5.92 Å². The van der Waals surface area contributed by atoms with Gasteiger partial charge >= 0.3 is 0 Å². The van der Waals surface area contributed by atoms with Gasteiger partial charge in [-0.3, -0.25) is 9.59 Å². The molecule has 1 unspecified atom stereocenters. The number of nitrogens with zero attached hydrogens (tertiary/aromatic N) is 1. The van der Waals surface area contributed by atoms with Crippen LogP contribution in [-0.4, -0.2) is 22.9 Å². The zero-order valence-corrected chi connectivity index (χ0v) is 18.5. The predicted octanol–water partition coefficient (Wildman–Crippen LogP) is 4.64. The molecule has 5 rings (SSSR count). The number of hydrogen-bond acceptors (Lipinski definition) is 6. The number of rotatable bonds is 5. The molecule has 1 atom stereocenters. The molecule has 0 amide bonds. The predicted molar refractivity (Wildman–Crippen MR) is 125 cm³/mol. The molecule has 0 saturated carbocycles. The minimum absolute atomic E-state index is 0.0825. The number of carbonyl (C=O) groups excluding carboxylic acids is 1. The van der Waals surface area contributed by atoms with Crippen molar-refractivity contribution in [1.82, 2.24) is 9.97 Å². The first kappa shape index (κ1) is 20.6. The molecule has 1 aliphatic carbocycles. The largest absolute Gasteiger partial charge is 0.497 e. The number of allylic oxidation sites excluding steroid dienone is 2. The zero-order chi connectivity index (χ0) is 22.1. The van der Waals surface area contributed by atoms with Crippen LogP contribution in [0, 0.1) is 0 Å². The summed E-state index contributed by atoms with van der Waals surface area (Å²) in [4.78, 5) is 33.9. The second kappa shape index (κ2) is 8.67. The second-order valence-electron chi connectivity index (χ2n) is 7.91. The molecule has 162 valence electrons. The first-order chi connectivity index (χ1) is 15.6. The Morgan fingerprint density at radius 2 is 1.94 bits per heavy atom. The van der Waals surface area contributed by atoms with Crippen molar-refractivity contribution in [3.05, 3.63) is 92.9 Å². The molecular formula is C25H23N3O3S. The molecule has 32 heavy (non-hydrogen) atoms. The summed E-state index contributed by atoms with van der Waals surface area (Å²) < 4.78 is 5.40. The van der Waals surface area contributed by atoms with Crippen LogP contribution in [0.5, 0.6) is 5.75 Å². The normalized spacial score (nSPS) is 17.4. The van der Waals surface area contributed by atoms with Crippen LogP contribution >= 0.6 is 11.8 Å². The molecule has 7 heteroatoms. The highest BCUT2D eigenvalue weighted by molar-refractivity contribution is 7.98. The number of ether oxygens (including phenoxy) is 1. The zero-order valence-electron chi connectivity index (χ0n) is 17.7. The fourth-order valence-electron chi connectivity index (χ4n) is 4.39. The molecule has 2 aromatic carbocycles. The van der Waals surface area contributed by atoms with Crippen LogP contribution in [0.25, 0.3) is 0 Å². The summed E-state index contributed by atoms with van der Waals surface area (Å²) in [5, 5.41) is 3.88. The maximum Gasteiger partial charge on any atom is 0.257 e. The molecule has 1 aliphatic heterocycles. The van der Waals surface area contributed by atoms with Crippen LogP contribution in [0.2, 0.25) is 0 Å². The fourth-order valence-corrected chi connectivity index (χ4v) is 5.21. The number of nitrogens with one attached hydrogen (secondary N) is 2. The molecule has 0 bridgehead atoms. The standard InChI is InChI=1S/C25H23N3O3S/c1-31-17-10-5-9-16(13-17)20-21-18(11-6-12-19(21)29)26-23-22(20)24(30)28-25(27-23)32-14-15-7-3-2-4-8-15/h2-5,7-10,13,20H,6,11-12,14H2,1H3,(H2,26,27,28,30). The fraction of sp³-hybridized carbons (Fsp3) is 0.240.